The molecule has 0 radical (unpaired) electrons. The molecule has 33 heavy (non-hydrogen) atoms. The third kappa shape index (κ3) is 5.81. The molecule has 0 aliphatic carbocycles. The van der Waals surface area contributed by atoms with E-state index in [-0.39, 0.29) is 17.9 Å². The first kappa shape index (κ1) is 22.6. The highest BCUT2D eigenvalue weighted by atomic mass is 32.1. The first-order valence-corrected chi connectivity index (χ1v) is 11.8. The third-order valence-electron chi connectivity index (χ3n) is 5.12. The van der Waals surface area contributed by atoms with Crippen LogP contribution in [0.3, 0.4) is 0 Å². The van der Waals surface area contributed by atoms with Crippen LogP contribution >= 0.6 is 11.3 Å². The SMILES string of the molecule is CCOc1cc2c(cc1/C=C/C(=O)Nc1ccccc1NC(=O)Cc1cccs1)OC(C)C2. The lowest BCUT2D eigenvalue weighted by Crippen LogP contribution is -2.16. The van der Waals surface area contributed by atoms with Crippen LogP contribution in [0, 0.1) is 0 Å². The summed E-state index contributed by atoms with van der Waals surface area (Å²) in [4.78, 5) is 26.0. The monoisotopic (exact) mass is 462 g/mol. The smallest absolute Gasteiger partial charge is 0.248 e. The van der Waals surface area contributed by atoms with Gasteiger partial charge in [0.25, 0.3) is 0 Å². The zero-order valence-corrected chi connectivity index (χ0v) is 19.4. The summed E-state index contributed by atoms with van der Waals surface area (Å²) in [6.07, 6.45) is 4.43. The molecule has 0 spiro atoms. The summed E-state index contributed by atoms with van der Waals surface area (Å²) in [5, 5.41) is 7.66. The average Bonchev–Trinajstić information content (AvgIpc) is 3.42. The zero-order valence-electron chi connectivity index (χ0n) is 18.6. The molecule has 0 bridgehead atoms. The Bertz CT molecular complexity index is 1170. The van der Waals surface area contributed by atoms with E-state index in [0.29, 0.717) is 24.4 Å². The summed E-state index contributed by atoms with van der Waals surface area (Å²) in [5.41, 5.74) is 2.97. The number of amides is 2. The minimum absolute atomic E-state index is 0.128. The number of fused-ring (bicyclic) bond motifs is 1. The van der Waals surface area contributed by atoms with Crippen LogP contribution in [-0.4, -0.2) is 24.5 Å². The minimum atomic E-state index is -0.313. The zero-order chi connectivity index (χ0) is 23.2. The second kappa shape index (κ2) is 10.4. The molecule has 2 N–H and O–H groups in total. The van der Waals surface area contributed by atoms with Crippen molar-refractivity contribution in [3.05, 3.63) is 76.0 Å². The van der Waals surface area contributed by atoms with Gasteiger partial charge in [0.05, 0.1) is 24.4 Å². The molecule has 1 aromatic heterocycles. The van der Waals surface area contributed by atoms with Gasteiger partial charge in [-0.1, -0.05) is 18.2 Å². The van der Waals surface area contributed by atoms with E-state index < -0.39 is 0 Å². The van der Waals surface area contributed by atoms with Crippen LogP contribution in [-0.2, 0) is 22.4 Å². The molecule has 1 atom stereocenters. The normalized spacial score (nSPS) is 14.5. The van der Waals surface area contributed by atoms with E-state index in [2.05, 4.69) is 10.6 Å². The molecular formula is C26H26N2O4S. The van der Waals surface area contributed by atoms with E-state index in [1.807, 2.05) is 49.6 Å². The van der Waals surface area contributed by atoms with Gasteiger partial charge in [0, 0.05) is 28.5 Å². The number of anilines is 2. The molecule has 3 aromatic rings. The molecular weight excluding hydrogens is 436 g/mol. The number of para-hydroxylation sites is 2. The van der Waals surface area contributed by atoms with Crippen molar-refractivity contribution >= 4 is 40.6 Å². The molecule has 4 rings (SSSR count). The number of rotatable bonds is 8. The van der Waals surface area contributed by atoms with Gasteiger partial charge in [0.1, 0.15) is 17.6 Å². The second-order valence-electron chi connectivity index (χ2n) is 7.74. The third-order valence-corrected chi connectivity index (χ3v) is 5.99. The maximum absolute atomic E-state index is 12.7. The number of ether oxygens (including phenoxy) is 2. The van der Waals surface area contributed by atoms with Crippen molar-refractivity contribution in [3.8, 4) is 11.5 Å². The Hall–Kier alpha value is -3.58. The number of nitrogens with one attached hydrogen (secondary N) is 2. The lowest BCUT2D eigenvalue weighted by Gasteiger charge is -2.12. The first-order chi connectivity index (χ1) is 16.0. The number of benzene rings is 2. The van der Waals surface area contributed by atoms with E-state index in [0.717, 1.165) is 33.9 Å². The molecule has 7 heteroatoms. The van der Waals surface area contributed by atoms with Gasteiger partial charge in [-0.15, -0.1) is 11.3 Å². The molecule has 1 unspecified atom stereocenters. The van der Waals surface area contributed by atoms with Crippen LogP contribution in [0.5, 0.6) is 11.5 Å². The predicted octanol–water partition coefficient (Wildman–Crippen LogP) is 5.30. The molecule has 2 aromatic carbocycles. The highest BCUT2D eigenvalue weighted by Crippen LogP contribution is 2.35. The highest BCUT2D eigenvalue weighted by molar-refractivity contribution is 7.10. The Labute approximate surface area is 197 Å². The van der Waals surface area contributed by atoms with Gasteiger partial charge in [-0.2, -0.15) is 0 Å². The number of carbonyl (C=O) groups is 2. The topological polar surface area (TPSA) is 76.7 Å². The Balaban J connectivity index is 1.45. The van der Waals surface area contributed by atoms with E-state index in [1.54, 1.807) is 24.3 Å². The van der Waals surface area contributed by atoms with Gasteiger partial charge in [0.2, 0.25) is 11.8 Å². The molecule has 0 saturated carbocycles. The molecule has 170 valence electrons. The van der Waals surface area contributed by atoms with Gasteiger partial charge in [-0.25, -0.2) is 0 Å². The van der Waals surface area contributed by atoms with Gasteiger partial charge >= 0.3 is 0 Å². The molecule has 6 nitrogen and oxygen atoms in total. The van der Waals surface area contributed by atoms with Gasteiger partial charge < -0.3 is 20.1 Å². The highest BCUT2D eigenvalue weighted by Gasteiger charge is 2.21. The minimum Gasteiger partial charge on any atom is -0.493 e. The Morgan fingerprint density at radius 3 is 2.67 bits per heavy atom. The fourth-order valence-corrected chi connectivity index (χ4v) is 4.38. The fraction of sp³-hybridized carbons (Fsp3) is 0.231. The quantitative estimate of drug-likeness (QED) is 0.445. The second-order valence-corrected chi connectivity index (χ2v) is 8.77. The van der Waals surface area contributed by atoms with Gasteiger partial charge in [0.15, 0.2) is 0 Å². The van der Waals surface area contributed by atoms with Crippen LogP contribution in [0.4, 0.5) is 11.4 Å². The van der Waals surface area contributed by atoms with Crippen molar-refractivity contribution in [3.63, 3.8) is 0 Å². The van der Waals surface area contributed by atoms with Crippen LogP contribution < -0.4 is 20.1 Å². The van der Waals surface area contributed by atoms with Crippen LogP contribution in [0.1, 0.15) is 29.9 Å². The standard InChI is InChI=1S/C26H26N2O4S/c1-3-31-23-15-19-13-17(2)32-24(19)14-18(23)10-11-25(29)27-21-8-4-5-9-22(21)28-26(30)16-20-7-6-12-33-20/h4-12,14-15,17H,3,13,16H2,1-2H3,(H,27,29)(H,28,30)/b11-10+. The Morgan fingerprint density at radius 2 is 1.94 bits per heavy atom. The van der Waals surface area contributed by atoms with Crippen molar-refractivity contribution in [1.82, 2.24) is 0 Å². The number of hydrogen-bond acceptors (Lipinski definition) is 5. The van der Waals surface area contributed by atoms with Crippen molar-refractivity contribution in [2.45, 2.75) is 32.8 Å². The molecule has 0 fully saturated rings. The average molecular weight is 463 g/mol. The van der Waals surface area contributed by atoms with E-state index in [4.69, 9.17) is 9.47 Å². The molecule has 1 aliphatic rings. The lowest BCUT2D eigenvalue weighted by molar-refractivity contribution is -0.115. The molecule has 2 amide bonds. The Kier molecular flexibility index (Phi) is 7.10. The lowest BCUT2D eigenvalue weighted by atomic mass is 10.1. The van der Waals surface area contributed by atoms with Gasteiger partial charge in [-0.3, -0.25) is 9.59 Å². The van der Waals surface area contributed by atoms with Crippen LogP contribution in [0.15, 0.2) is 60.0 Å². The van der Waals surface area contributed by atoms with E-state index in [9.17, 15) is 9.59 Å². The summed E-state index contributed by atoms with van der Waals surface area (Å²) in [5.74, 6) is 1.10. The van der Waals surface area contributed by atoms with Crippen LogP contribution in [0.2, 0.25) is 0 Å². The van der Waals surface area contributed by atoms with E-state index >= 15 is 0 Å². The van der Waals surface area contributed by atoms with Crippen LogP contribution in [0.25, 0.3) is 6.08 Å². The van der Waals surface area contributed by atoms with Gasteiger partial charge in [-0.05, 0) is 55.6 Å². The maximum atomic E-state index is 12.7. The molecule has 2 heterocycles. The first-order valence-electron chi connectivity index (χ1n) is 10.9. The summed E-state index contributed by atoms with van der Waals surface area (Å²) in [6, 6.07) is 14.9. The van der Waals surface area contributed by atoms with E-state index in [1.165, 1.54) is 17.4 Å². The van der Waals surface area contributed by atoms with Crippen molar-refractivity contribution in [2.24, 2.45) is 0 Å². The maximum Gasteiger partial charge on any atom is 0.248 e. The predicted molar refractivity (Wildman–Crippen MR) is 132 cm³/mol. The van der Waals surface area contributed by atoms with Crippen molar-refractivity contribution < 1.29 is 19.1 Å². The summed E-state index contributed by atoms with van der Waals surface area (Å²) in [7, 11) is 0. The number of thiophene rings is 1. The van der Waals surface area contributed by atoms with Crippen molar-refractivity contribution in [2.75, 3.05) is 17.2 Å². The largest absolute Gasteiger partial charge is 0.493 e. The summed E-state index contributed by atoms with van der Waals surface area (Å²) >= 11 is 1.53. The fourth-order valence-electron chi connectivity index (χ4n) is 3.67. The number of hydrogen-bond donors (Lipinski definition) is 2. The van der Waals surface area contributed by atoms with Crippen molar-refractivity contribution in [1.29, 1.82) is 0 Å². The number of carbonyl (C=O) groups excluding carboxylic acids is 2. The molecule has 0 saturated heterocycles. The summed E-state index contributed by atoms with van der Waals surface area (Å²) < 4.78 is 11.6. The summed E-state index contributed by atoms with van der Waals surface area (Å²) in [6.45, 7) is 4.48. The Morgan fingerprint density at radius 1 is 1.15 bits per heavy atom. The molecule has 1 aliphatic heterocycles.